The van der Waals surface area contributed by atoms with Crippen LogP contribution in [0.25, 0.3) is 0 Å². The van der Waals surface area contributed by atoms with Crippen LogP contribution in [-0.2, 0) is 0 Å². The Morgan fingerprint density at radius 2 is 2.10 bits per heavy atom. The molecule has 1 aromatic carbocycles. The SMILES string of the molecule is Cc1ccc(NC(=O)N2CCC[C@@H]2c2cc(C)on2)cc1. The summed E-state index contributed by atoms with van der Waals surface area (Å²) in [5.74, 6) is 0.774. The maximum Gasteiger partial charge on any atom is 0.322 e. The molecule has 3 rings (SSSR count). The lowest BCUT2D eigenvalue weighted by Gasteiger charge is -2.23. The fourth-order valence-corrected chi connectivity index (χ4v) is 2.69. The minimum atomic E-state index is -0.0815. The highest BCUT2D eigenvalue weighted by atomic mass is 16.5. The summed E-state index contributed by atoms with van der Waals surface area (Å²) in [6, 6.07) is 9.63. The predicted octanol–water partition coefficient (Wildman–Crippen LogP) is 3.66. The average Bonchev–Trinajstić information content (AvgIpc) is 3.09. The number of amides is 2. The largest absolute Gasteiger partial charge is 0.361 e. The van der Waals surface area contributed by atoms with Crippen molar-refractivity contribution in [1.82, 2.24) is 10.1 Å². The Morgan fingerprint density at radius 1 is 1.33 bits per heavy atom. The molecule has 0 spiro atoms. The van der Waals surface area contributed by atoms with E-state index in [-0.39, 0.29) is 12.1 Å². The van der Waals surface area contributed by atoms with E-state index < -0.39 is 0 Å². The number of aromatic nitrogens is 1. The molecule has 1 atom stereocenters. The van der Waals surface area contributed by atoms with Gasteiger partial charge in [-0.05, 0) is 38.8 Å². The Morgan fingerprint density at radius 3 is 2.76 bits per heavy atom. The lowest BCUT2D eigenvalue weighted by Crippen LogP contribution is -2.34. The van der Waals surface area contributed by atoms with Crippen LogP contribution in [0.2, 0.25) is 0 Å². The zero-order valence-corrected chi connectivity index (χ0v) is 12.3. The summed E-state index contributed by atoms with van der Waals surface area (Å²) < 4.78 is 5.13. The minimum absolute atomic E-state index is 0.00731. The molecule has 0 saturated carbocycles. The van der Waals surface area contributed by atoms with Crippen molar-refractivity contribution < 1.29 is 9.32 Å². The van der Waals surface area contributed by atoms with E-state index in [1.807, 2.05) is 49.1 Å². The summed E-state index contributed by atoms with van der Waals surface area (Å²) in [7, 11) is 0. The van der Waals surface area contributed by atoms with Gasteiger partial charge in [-0.3, -0.25) is 0 Å². The van der Waals surface area contributed by atoms with Crippen LogP contribution in [0, 0.1) is 13.8 Å². The van der Waals surface area contributed by atoms with Gasteiger partial charge in [0, 0.05) is 18.3 Å². The van der Waals surface area contributed by atoms with E-state index >= 15 is 0 Å². The van der Waals surface area contributed by atoms with Crippen LogP contribution in [-0.4, -0.2) is 22.6 Å². The summed E-state index contributed by atoms with van der Waals surface area (Å²) in [5, 5.41) is 7.00. The van der Waals surface area contributed by atoms with E-state index in [9.17, 15) is 4.79 Å². The quantitative estimate of drug-likeness (QED) is 0.916. The first kappa shape index (κ1) is 13.7. The molecule has 1 saturated heterocycles. The van der Waals surface area contributed by atoms with E-state index in [2.05, 4.69) is 10.5 Å². The third-order valence-corrected chi connectivity index (χ3v) is 3.80. The Bertz CT molecular complexity index is 633. The molecule has 0 aliphatic carbocycles. The Hall–Kier alpha value is -2.30. The molecule has 1 aliphatic rings. The van der Waals surface area contributed by atoms with Gasteiger partial charge < -0.3 is 14.7 Å². The molecule has 110 valence electrons. The molecule has 1 N–H and O–H groups in total. The molecule has 21 heavy (non-hydrogen) atoms. The smallest absolute Gasteiger partial charge is 0.322 e. The van der Waals surface area contributed by atoms with Crippen LogP contribution in [0.1, 0.15) is 35.9 Å². The maximum absolute atomic E-state index is 12.4. The molecular weight excluding hydrogens is 266 g/mol. The van der Waals surface area contributed by atoms with E-state index in [1.54, 1.807) is 0 Å². The number of urea groups is 1. The number of hydrogen-bond acceptors (Lipinski definition) is 3. The molecule has 0 unspecified atom stereocenters. The summed E-state index contributed by atoms with van der Waals surface area (Å²) in [4.78, 5) is 14.3. The zero-order chi connectivity index (χ0) is 14.8. The Balaban J connectivity index is 1.72. The molecule has 2 heterocycles. The fourth-order valence-electron chi connectivity index (χ4n) is 2.69. The van der Waals surface area contributed by atoms with Crippen molar-refractivity contribution in [3.8, 4) is 0 Å². The highest BCUT2D eigenvalue weighted by Gasteiger charge is 2.32. The van der Waals surface area contributed by atoms with Gasteiger partial charge in [0.25, 0.3) is 0 Å². The van der Waals surface area contributed by atoms with Crippen molar-refractivity contribution >= 4 is 11.7 Å². The average molecular weight is 285 g/mol. The van der Waals surface area contributed by atoms with Gasteiger partial charge in [0.2, 0.25) is 0 Å². The summed E-state index contributed by atoms with van der Waals surface area (Å²) >= 11 is 0. The summed E-state index contributed by atoms with van der Waals surface area (Å²) in [6.45, 7) is 4.63. The van der Waals surface area contributed by atoms with Crippen LogP contribution in [0.3, 0.4) is 0 Å². The minimum Gasteiger partial charge on any atom is -0.361 e. The topological polar surface area (TPSA) is 58.4 Å². The first-order valence-corrected chi connectivity index (χ1v) is 7.21. The van der Waals surface area contributed by atoms with Gasteiger partial charge in [0.1, 0.15) is 11.5 Å². The number of hydrogen-bond donors (Lipinski definition) is 1. The number of rotatable bonds is 2. The number of aryl methyl sites for hydroxylation is 2. The van der Waals surface area contributed by atoms with E-state index in [4.69, 9.17) is 4.52 Å². The number of nitrogens with one attached hydrogen (secondary N) is 1. The molecule has 1 aliphatic heterocycles. The Kier molecular flexibility index (Phi) is 3.64. The molecule has 0 bridgehead atoms. The first-order chi connectivity index (χ1) is 10.1. The lowest BCUT2D eigenvalue weighted by molar-refractivity contribution is 0.204. The van der Waals surface area contributed by atoms with Gasteiger partial charge in [-0.15, -0.1) is 0 Å². The van der Waals surface area contributed by atoms with Crippen molar-refractivity contribution in [3.63, 3.8) is 0 Å². The van der Waals surface area contributed by atoms with Crippen LogP contribution < -0.4 is 5.32 Å². The number of likely N-dealkylation sites (tertiary alicyclic amines) is 1. The summed E-state index contributed by atoms with van der Waals surface area (Å²) in [6.07, 6.45) is 1.91. The van der Waals surface area contributed by atoms with E-state index in [0.717, 1.165) is 36.5 Å². The molecule has 0 radical (unpaired) electrons. The number of carbonyl (C=O) groups excluding carboxylic acids is 1. The molecule has 1 aromatic heterocycles. The second-order valence-electron chi connectivity index (χ2n) is 5.51. The third kappa shape index (κ3) is 2.91. The van der Waals surface area contributed by atoms with Crippen molar-refractivity contribution in [2.45, 2.75) is 32.7 Å². The van der Waals surface area contributed by atoms with Gasteiger partial charge >= 0.3 is 6.03 Å². The summed E-state index contributed by atoms with van der Waals surface area (Å²) in [5.41, 5.74) is 2.82. The predicted molar refractivity (Wildman–Crippen MR) is 80.1 cm³/mol. The van der Waals surface area contributed by atoms with Crippen LogP contribution in [0.4, 0.5) is 10.5 Å². The second kappa shape index (κ2) is 5.60. The second-order valence-corrected chi connectivity index (χ2v) is 5.51. The zero-order valence-electron chi connectivity index (χ0n) is 12.3. The van der Waals surface area contributed by atoms with Gasteiger partial charge in [0.05, 0.1) is 6.04 Å². The number of benzene rings is 1. The normalized spacial score (nSPS) is 18.0. The highest BCUT2D eigenvalue weighted by Crippen LogP contribution is 2.31. The highest BCUT2D eigenvalue weighted by molar-refractivity contribution is 5.89. The number of nitrogens with zero attached hydrogens (tertiary/aromatic N) is 2. The van der Waals surface area contributed by atoms with Gasteiger partial charge in [-0.2, -0.15) is 0 Å². The van der Waals surface area contributed by atoms with E-state index in [1.165, 1.54) is 5.56 Å². The van der Waals surface area contributed by atoms with Crippen molar-refractivity contribution in [2.24, 2.45) is 0 Å². The number of anilines is 1. The monoisotopic (exact) mass is 285 g/mol. The first-order valence-electron chi connectivity index (χ1n) is 7.21. The molecule has 5 nitrogen and oxygen atoms in total. The molecule has 2 amide bonds. The van der Waals surface area contributed by atoms with E-state index in [0.29, 0.717) is 0 Å². The van der Waals surface area contributed by atoms with Gasteiger partial charge in [0.15, 0.2) is 0 Å². The lowest BCUT2D eigenvalue weighted by atomic mass is 10.1. The maximum atomic E-state index is 12.4. The molecule has 1 fully saturated rings. The van der Waals surface area contributed by atoms with Crippen molar-refractivity contribution in [1.29, 1.82) is 0 Å². The van der Waals surface area contributed by atoms with Crippen molar-refractivity contribution in [3.05, 3.63) is 47.3 Å². The van der Waals surface area contributed by atoms with Crippen LogP contribution in [0.5, 0.6) is 0 Å². The molecular formula is C16H19N3O2. The van der Waals surface area contributed by atoms with Gasteiger partial charge in [-0.25, -0.2) is 4.79 Å². The third-order valence-electron chi connectivity index (χ3n) is 3.80. The Labute approximate surface area is 123 Å². The van der Waals surface area contributed by atoms with Crippen LogP contribution >= 0.6 is 0 Å². The molecule has 2 aromatic rings. The number of carbonyl (C=O) groups is 1. The van der Waals surface area contributed by atoms with Crippen molar-refractivity contribution in [2.75, 3.05) is 11.9 Å². The van der Waals surface area contributed by atoms with Gasteiger partial charge in [-0.1, -0.05) is 22.9 Å². The standard InChI is InChI=1S/C16H19N3O2/c1-11-5-7-13(8-6-11)17-16(20)19-9-3-4-15(19)14-10-12(2)21-18-14/h5-8,10,15H,3-4,9H2,1-2H3,(H,17,20)/t15-/m1/s1. The molecule has 5 heteroatoms. The fraction of sp³-hybridized carbons (Fsp3) is 0.375. The van der Waals surface area contributed by atoms with Crippen LogP contribution in [0.15, 0.2) is 34.9 Å².